The van der Waals surface area contributed by atoms with Gasteiger partial charge >= 0.3 is 0 Å². The summed E-state index contributed by atoms with van der Waals surface area (Å²) in [7, 11) is 0. The van der Waals surface area contributed by atoms with Gasteiger partial charge in [-0.25, -0.2) is 0 Å². The van der Waals surface area contributed by atoms with Crippen LogP contribution >= 0.6 is 46.3 Å². The van der Waals surface area contributed by atoms with E-state index in [0.29, 0.717) is 38.1 Å². The van der Waals surface area contributed by atoms with E-state index in [1.807, 2.05) is 12.2 Å². The number of hydrogen-bond donors (Lipinski definition) is 1. The summed E-state index contributed by atoms with van der Waals surface area (Å²) in [5, 5.41) is 12.0. The summed E-state index contributed by atoms with van der Waals surface area (Å²) in [4.78, 5) is 38.3. The number of likely N-dealkylation sites (tertiary alicyclic amines) is 1. The van der Waals surface area contributed by atoms with Gasteiger partial charge in [-0.05, 0) is 30.5 Å². The molecule has 0 bridgehead atoms. The molecular weight excluding hydrogens is 467 g/mol. The SMILES string of the molecule is O=C(CN1C(=O)[C@H]2CC=CC[C@H]2C1=O)Nc1nnc(SCc2c(Cl)cccc2Cl)s1. The van der Waals surface area contributed by atoms with Crippen LogP contribution in [0.5, 0.6) is 0 Å². The van der Waals surface area contributed by atoms with E-state index >= 15 is 0 Å². The number of allylic oxidation sites excluding steroid dienone is 2. The number of hydrogen-bond acceptors (Lipinski definition) is 7. The Balaban J connectivity index is 1.33. The summed E-state index contributed by atoms with van der Waals surface area (Å²) in [5.74, 6) is -1.24. The first-order valence-electron chi connectivity index (χ1n) is 9.13. The molecule has 0 saturated carbocycles. The lowest BCUT2D eigenvalue weighted by molar-refractivity contribution is -0.142. The third kappa shape index (κ3) is 4.39. The van der Waals surface area contributed by atoms with Crippen LogP contribution in [-0.4, -0.2) is 39.4 Å². The summed E-state index contributed by atoms with van der Waals surface area (Å²) in [6, 6.07) is 5.31. The number of benzene rings is 1. The number of anilines is 1. The van der Waals surface area contributed by atoms with Crippen molar-refractivity contribution in [1.82, 2.24) is 15.1 Å². The fraction of sp³-hybridized carbons (Fsp3) is 0.316. The van der Waals surface area contributed by atoms with Crippen molar-refractivity contribution in [2.24, 2.45) is 11.8 Å². The molecule has 0 radical (unpaired) electrons. The van der Waals surface area contributed by atoms with Crippen LogP contribution in [0.25, 0.3) is 0 Å². The first-order chi connectivity index (χ1) is 14.4. The lowest BCUT2D eigenvalue weighted by Crippen LogP contribution is -2.38. The normalized spacial score (nSPS) is 20.5. The van der Waals surface area contributed by atoms with Crippen LogP contribution in [0.3, 0.4) is 0 Å². The predicted molar refractivity (Wildman–Crippen MR) is 117 cm³/mol. The highest BCUT2D eigenvalue weighted by Crippen LogP contribution is 2.35. The zero-order valence-corrected chi connectivity index (χ0v) is 18.7. The van der Waals surface area contributed by atoms with Gasteiger partial charge in [0.15, 0.2) is 4.34 Å². The van der Waals surface area contributed by atoms with Gasteiger partial charge in [0.05, 0.1) is 11.8 Å². The number of carbonyl (C=O) groups excluding carboxylic acids is 3. The number of fused-ring (bicyclic) bond motifs is 1. The predicted octanol–water partition coefficient (Wildman–Crippen LogP) is 4.03. The van der Waals surface area contributed by atoms with E-state index in [-0.39, 0.29) is 30.2 Å². The first-order valence-corrected chi connectivity index (χ1v) is 11.7. The zero-order valence-electron chi connectivity index (χ0n) is 15.5. The van der Waals surface area contributed by atoms with Gasteiger partial charge in [-0.15, -0.1) is 10.2 Å². The number of aromatic nitrogens is 2. The number of nitrogens with one attached hydrogen (secondary N) is 1. The molecule has 30 heavy (non-hydrogen) atoms. The quantitative estimate of drug-likeness (QED) is 0.289. The molecule has 1 aromatic heterocycles. The van der Waals surface area contributed by atoms with Crippen molar-refractivity contribution < 1.29 is 14.4 Å². The lowest BCUT2D eigenvalue weighted by atomic mass is 9.85. The molecule has 2 heterocycles. The van der Waals surface area contributed by atoms with E-state index in [0.717, 1.165) is 10.5 Å². The van der Waals surface area contributed by atoms with Crippen molar-refractivity contribution in [3.05, 3.63) is 46.0 Å². The molecule has 2 aromatic rings. The van der Waals surface area contributed by atoms with Crippen molar-refractivity contribution in [2.45, 2.75) is 22.9 Å². The molecule has 3 amide bonds. The van der Waals surface area contributed by atoms with E-state index in [9.17, 15) is 14.4 Å². The van der Waals surface area contributed by atoms with Crippen LogP contribution in [0.4, 0.5) is 5.13 Å². The highest BCUT2D eigenvalue weighted by Gasteiger charge is 2.47. The smallest absolute Gasteiger partial charge is 0.246 e. The topological polar surface area (TPSA) is 92.3 Å². The van der Waals surface area contributed by atoms with Gasteiger partial charge in [-0.1, -0.05) is 64.5 Å². The highest BCUT2D eigenvalue weighted by molar-refractivity contribution is 8.00. The van der Waals surface area contributed by atoms with Crippen molar-refractivity contribution in [3.8, 4) is 0 Å². The Bertz CT molecular complexity index is 996. The fourth-order valence-electron chi connectivity index (χ4n) is 3.45. The van der Waals surface area contributed by atoms with Crippen molar-refractivity contribution in [1.29, 1.82) is 0 Å². The molecular formula is C19H16Cl2N4O3S2. The maximum atomic E-state index is 12.5. The maximum Gasteiger partial charge on any atom is 0.246 e. The Hall–Kier alpha value is -1.94. The minimum absolute atomic E-state index is 0.283. The van der Waals surface area contributed by atoms with Gasteiger partial charge in [0.2, 0.25) is 22.9 Å². The van der Waals surface area contributed by atoms with Crippen molar-refractivity contribution in [3.63, 3.8) is 0 Å². The Labute approximate surface area is 190 Å². The monoisotopic (exact) mass is 482 g/mol. The molecule has 0 unspecified atom stereocenters. The Morgan fingerprint density at radius 3 is 2.40 bits per heavy atom. The van der Waals surface area contributed by atoms with Gasteiger partial charge in [0.1, 0.15) is 6.54 Å². The number of thioether (sulfide) groups is 1. The first kappa shape index (κ1) is 21.3. The van der Waals surface area contributed by atoms with Crippen LogP contribution in [0.2, 0.25) is 10.0 Å². The second-order valence-corrected chi connectivity index (χ2v) is 9.84. The Morgan fingerprint density at radius 2 is 1.77 bits per heavy atom. The van der Waals surface area contributed by atoms with Crippen molar-refractivity contribution >= 4 is 69.2 Å². The summed E-state index contributed by atoms with van der Waals surface area (Å²) >= 11 is 14.9. The third-order valence-corrected chi connectivity index (χ3v) is 7.66. The van der Waals surface area contributed by atoms with E-state index < -0.39 is 5.91 Å². The molecule has 7 nitrogen and oxygen atoms in total. The molecule has 1 aromatic carbocycles. The van der Waals surface area contributed by atoms with Gasteiger partial charge in [-0.2, -0.15) is 0 Å². The van der Waals surface area contributed by atoms with Crippen LogP contribution in [-0.2, 0) is 20.1 Å². The average molecular weight is 483 g/mol. The molecule has 4 rings (SSSR count). The van der Waals surface area contributed by atoms with Gasteiger partial charge in [0, 0.05) is 15.8 Å². The number of rotatable bonds is 6. The number of imide groups is 1. The third-order valence-electron chi connectivity index (χ3n) is 4.96. The lowest BCUT2D eigenvalue weighted by Gasteiger charge is -2.14. The fourth-order valence-corrected chi connectivity index (χ4v) is 5.96. The molecule has 1 aliphatic heterocycles. The van der Waals surface area contributed by atoms with E-state index in [2.05, 4.69) is 15.5 Å². The van der Waals surface area contributed by atoms with Crippen LogP contribution in [0.1, 0.15) is 18.4 Å². The Morgan fingerprint density at radius 1 is 1.13 bits per heavy atom. The molecule has 2 aliphatic rings. The molecule has 1 saturated heterocycles. The molecule has 1 aliphatic carbocycles. The highest BCUT2D eigenvalue weighted by atomic mass is 35.5. The average Bonchev–Trinajstić information content (AvgIpc) is 3.26. The molecule has 0 spiro atoms. The standard InChI is InChI=1S/C19H16Cl2N4O3S2/c20-13-6-3-7-14(21)12(13)9-29-19-24-23-18(30-19)22-15(26)8-25-16(27)10-4-1-2-5-11(10)17(25)28/h1-3,6-7,10-11H,4-5,8-9H2,(H,22,23,26)/t10-,11+. The Kier molecular flexibility index (Phi) is 6.43. The second-order valence-electron chi connectivity index (χ2n) is 6.83. The van der Waals surface area contributed by atoms with Crippen LogP contribution < -0.4 is 5.32 Å². The molecule has 1 N–H and O–H groups in total. The van der Waals surface area contributed by atoms with Crippen molar-refractivity contribution in [2.75, 3.05) is 11.9 Å². The number of halogens is 2. The van der Waals surface area contributed by atoms with E-state index in [1.54, 1.807) is 18.2 Å². The summed E-state index contributed by atoms with van der Waals surface area (Å²) in [6.45, 7) is -0.318. The molecule has 1 fully saturated rings. The largest absolute Gasteiger partial charge is 0.299 e. The van der Waals surface area contributed by atoms with Gasteiger partial charge < -0.3 is 0 Å². The van der Waals surface area contributed by atoms with E-state index in [4.69, 9.17) is 23.2 Å². The number of nitrogens with zero attached hydrogens (tertiary/aromatic N) is 3. The molecule has 156 valence electrons. The number of amides is 3. The zero-order chi connectivity index (χ0) is 21.3. The van der Waals surface area contributed by atoms with Crippen LogP contribution in [0.15, 0.2) is 34.7 Å². The minimum atomic E-state index is -0.481. The van der Waals surface area contributed by atoms with E-state index in [1.165, 1.54) is 23.1 Å². The molecule has 2 atom stereocenters. The van der Waals surface area contributed by atoms with Gasteiger partial charge in [0.25, 0.3) is 0 Å². The minimum Gasteiger partial charge on any atom is -0.299 e. The summed E-state index contributed by atoms with van der Waals surface area (Å²) < 4.78 is 0.631. The maximum absolute atomic E-state index is 12.5. The summed E-state index contributed by atoms with van der Waals surface area (Å²) in [5.41, 5.74) is 0.800. The van der Waals surface area contributed by atoms with Gasteiger partial charge in [-0.3, -0.25) is 24.6 Å². The molecule has 11 heteroatoms. The summed E-state index contributed by atoms with van der Waals surface area (Å²) in [6.07, 6.45) is 4.90. The number of carbonyl (C=O) groups is 3. The van der Waals surface area contributed by atoms with Crippen LogP contribution in [0, 0.1) is 11.8 Å². The second kappa shape index (κ2) is 9.05.